The van der Waals surface area contributed by atoms with Crippen LogP contribution in [0, 0.1) is 0 Å². The Labute approximate surface area is 192 Å². The predicted octanol–water partition coefficient (Wildman–Crippen LogP) is 5.78. The van der Waals surface area contributed by atoms with Crippen molar-refractivity contribution in [1.29, 1.82) is 0 Å². The Balaban J connectivity index is 1.62. The maximum Gasteiger partial charge on any atom is 0.263 e. The lowest BCUT2D eigenvalue weighted by atomic mass is 9.97. The van der Waals surface area contributed by atoms with Crippen molar-refractivity contribution < 1.29 is 4.79 Å². The number of nitrogens with one attached hydrogen (secondary N) is 1. The fourth-order valence-corrected chi connectivity index (χ4v) is 6.47. The number of thiophene rings is 1. The van der Waals surface area contributed by atoms with Crippen LogP contribution in [0.25, 0.3) is 10.2 Å². The zero-order chi connectivity index (χ0) is 21.4. The van der Waals surface area contributed by atoms with E-state index >= 15 is 0 Å². The van der Waals surface area contributed by atoms with Crippen molar-refractivity contribution in [3.05, 3.63) is 49.0 Å². The van der Waals surface area contributed by atoms with Crippen LogP contribution in [0.1, 0.15) is 37.1 Å². The fraction of sp³-hybridized carbons (Fsp3) is 0.381. The van der Waals surface area contributed by atoms with E-state index in [0.29, 0.717) is 27.4 Å². The van der Waals surface area contributed by atoms with E-state index in [9.17, 15) is 9.59 Å². The number of hydrogen-bond donors (Lipinski definition) is 1. The lowest BCUT2D eigenvalue weighted by molar-refractivity contribution is -0.115. The molecule has 1 amide bonds. The molecule has 158 valence electrons. The van der Waals surface area contributed by atoms with Crippen LogP contribution in [0.4, 0.5) is 5.69 Å². The molecule has 0 saturated heterocycles. The molecule has 0 radical (unpaired) electrons. The number of amides is 1. The third kappa shape index (κ3) is 4.26. The van der Waals surface area contributed by atoms with Gasteiger partial charge in [0.1, 0.15) is 4.83 Å². The lowest BCUT2D eigenvalue weighted by Gasteiger charge is -2.15. The summed E-state index contributed by atoms with van der Waals surface area (Å²) in [5.41, 5.74) is 1.71. The SMILES string of the molecule is CCn1c(SC(C)C(=O)Nc2cc(Cl)cc(Cl)c2)nc2sc3c(c2c1=O)CCCC3. The average molecular weight is 482 g/mol. The summed E-state index contributed by atoms with van der Waals surface area (Å²) < 4.78 is 1.68. The largest absolute Gasteiger partial charge is 0.325 e. The van der Waals surface area contributed by atoms with E-state index in [1.54, 1.807) is 41.0 Å². The second-order valence-corrected chi connectivity index (χ2v) is 10.5. The Morgan fingerprint density at radius 3 is 2.67 bits per heavy atom. The molecule has 0 saturated carbocycles. The quantitative estimate of drug-likeness (QED) is 0.370. The molecule has 0 aliphatic heterocycles. The number of hydrogen-bond acceptors (Lipinski definition) is 5. The van der Waals surface area contributed by atoms with Crippen LogP contribution in [0.2, 0.25) is 10.0 Å². The standard InChI is InChI=1S/C21H21Cl2N3O2S2/c1-3-26-20(28)17-15-6-4-5-7-16(15)30-19(17)25-21(26)29-11(2)18(27)24-14-9-12(22)8-13(23)10-14/h8-11H,3-7H2,1-2H3,(H,24,27). The molecule has 0 fully saturated rings. The number of thioether (sulfide) groups is 1. The van der Waals surface area contributed by atoms with Gasteiger partial charge in [0.25, 0.3) is 5.56 Å². The summed E-state index contributed by atoms with van der Waals surface area (Å²) in [6.07, 6.45) is 4.24. The van der Waals surface area contributed by atoms with Gasteiger partial charge < -0.3 is 5.32 Å². The van der Waals surface area contributed by atoms with Gasteiger partial charge in [-0.05, 0) is 63.3 Å². The van der Waals surface area contributed by atoms with Gasteiger partial charge in [-0.3, -0.25) is 14.2 Å². The van der Waals surface area contributed by atoms with E-state index < -0.39 is 5.25 Å². The molecule has 0 spiro atoms. The molecule has 1 aromatic carbocycles. The van der Waals surface area contributed by atoms with E-state index in [0.717, 1.165) is 35.9 Å². The zero-order valence-electron chi connectivity index (χ0n) is 16.6. The smallest absolute Gasteiger partial charge is 0.263 e. The lowest BCUT2D eigenvalue weighted by Crippen LogP contribution is -2.26. The molecule has 0 bridgehead atoms. The van der Waals surface area contributed by atoms with Crippen molar-refractivity contribution in [2.24, 2.45) is 0 Å². The van der Waals surface area contributed by atoms with Crippen LogP contribution in [0.5, 0.6) is 0 Å². The van der Waals surface area contributed by atoms with Crippen molar-refractivity contribution in [3.8, 4) is 0 Å². The summed E-state index contributed by atoms with van der Waals surface area (Å²) >= 11 is 14.9. The summed E-state index contributed by atoms with van der Waals surface area (Å²) in [4.78, 5) is 32.8. The first-order chi connectivity index (χ1) is 14.4. The first kappa shape index (κ1) is 21.7. The number of anilines is 1. The van der Waals surface area contributed by atoms with Crippen LogP contribution in [0.3, 0.4) is 0 Å². The van der Waals surface area contributed by atoms with E-state index in [-0.39, 0.29) is 11.5 Å². The summed E-state index contributed by atoms with van der Waals surface area (Å²) in [7, 11) is 0. The molecule has 2 heterocycles. The Bertz CT molecular complexity index is 1170. The van der Waals surface area contributed by atoms with E-state index in [2.05, 4.69) is 5.32 Å². The number of benzene rings is 1. The first-order valence-corrected chi connectivity index (χ1v) is 12.3. The first-order valence-electron chi connectivity index (χ1n) is 9.86. The third-order valence-corrected chi connectivity index (χ3v) is 7.85. The number of carbonyl (C=O) groups excluding carboxylic acids is 1. The van der Waals surface area contributed by atoms with Gasteiger partial charge in [0.05, 0.1) is 10.6 Å². The van der Waals surface area contributed by atoms with Crippen LogP contribution in [-0.4, -0.2) is 20.7 Å². The number of halogens is 2. The molecule has 1 N–H and O–H groups in total. The van der Waals surface area contributed by atoms with Crippen LogP contribution >= 0.6 is 46.3 Å². The van der Waals surface area contributed by atoms with Crippen molar-refractivity contribution in [2.45, 2.75) is 56.5 Å². The molecular formula is C21H21Cl2N3O2S2. The Kier molecular flexibility index (Phi) is 6.44. The molecule has 1 aliphatic carbocycles. The minimum absolute atomic E-state index is 0.00127. The Morgan fingerprint density at radius 1 is 1.27 bits per heavy atom. The molecule has 3 aromatic rings. The van der Waals surface area contributed by atoms with Gasteiger partial charge in [0.2, 0.25) is 5.91 Å². The number of nitrogens with zero attached hydrogens (tertiary/aromatic N) is 2. The number of fused-ring (bicyclic) bond motifs is 3. The highest BCUT2D eigenvalue weighted by Gasteiger charge is 2.24. The van der Waals surface area contributed by atoms with Crippen molar-refractivity contribution in [1.82, 2.24) is 9.55 Å². The minimum atomic E-state index is -0.459. The van der Waals surface area contributed by atoms with Gasteiger partial charge in [-0.25, -0.2) is 4.98 Å². The fourth-order valence-electron chi connectivity index (χ4n) is 3.67. The normalized spacial score (nSPS) is 14.5. The van der Waals surface area contributed by atoms with Crippen LogP contribution in [0.15, 0.2) is 28.2 Å². The third-order valence-electron chi connectivity index (χ3n) is 5.14. The summed E-state index contributed by atoms with van der Waals surface area (Å²) in [6, 6.07) is 4.90. The highest BCUT2D eigenvalue weighted by molar-refractivity contribution is 8.00. The number of aromatic nitrogens is 2. The van der Waals surface area contributed by atoms with Crippen molar-refractivity contribution in [2.75, 3.05) is 5.32 Å². The van der Waals surface area contributed by atoms with E-state index in [1.807, 2.05) is 6.92 Å². The monoisotopic (exact) mass is 481 g/mol. The molecule has 4 rings (SSSR count). The number of carbonyl (C=O) groups is 1. The summed E-state index contributed by atoms with van der Waals surface area (Å²) in [5, 5.41) is 4.61. The summed E-state index contributed by atoms with van der Waals surface area (Å²) in [6.45, 7) is 4.23. The molecule has 9 heteroatoms. The average Bonchev–Trinajstić information content (AvgIpc) is 3.05. The molecule has 1 aliphatic rings. The highest BCUT2D eigenvalue weighted by Crippen LogP contribution is 2.35. The van der Waals surface area contributed by atoms with Crippen molar-refractivity contribution >= 4 is 68.1 Å². The second-order valence-electron chi connectivity index (χ2n) is 7.24. The number of rotatable bonds is 5. The van der Waals surface area contributed by atoms with E-state index in [4.69, 9.17) is 28.2 Å². The minimum Gasteiger partial charge on any atom is -0.325 e. The topological polar surface area (TPSA) is 64.0 Å². The molecule has 1 unspecified atom stereocenters. The van der Waals surface area contributed by atoms with Gasteiger partial charge >= 0.3 is 0 Å². The summed E-state index contributed by atoms with van der Waals surface area (Å²) in [5.74, 6) is -0.208. The van der Waals surface area contributed by atoms with Gasteiger partial charge in [0, 0.05) is 27.2 Å². The molecule has 5 nitrogen and oxygen atoms in total. The molecule has 1 atom stereocenters. The van der Waals surface area contributed by atoms with Crippen molar-refractivity contribution in [3.63, 3.8) is 0 Å². The second kappa shape index (κ2) is 8.91. The highest BCUT2D eigenvalue weighted by atomic mass is 35.5. The van der Waals surface area contributed by atoms with Crippen LogP contribution in [-0.2, 0) is 24.2 Å². The maximum absolute atomic E-state index is 13.2. The van der Waals surface area contributed by atoms with Crippen LogP contribution < -0.4 is 10.9 Å². The van der Waals surface area contributed by atoms with Gasteiger partial charge in [0.15, 0.2) is 5.16 Å². The molecular weight excluding hydrogens is 461 g/mol. The maximum atomic E-state index is 13.2. The Morgan fingerprint density at radius 2 is 1.97 bits per heavy atom. The van der Waals surface area contributed by atoms with Gasteiger partial charge in [-0.1, -0.05) is 35.0 Å². The van der Waals surface area contributed by atoms with Gasteiger partial charge in [-0.2, -0.15) is 0 Å². The zero-order valence-corrected chi connectivity index (χ0v) is 19.8. The predicted molar refractivity (Wildman–Crippen MR) is 127 cm³/mol. The molecule has 30 heavy (non-hydrogen) atoms. The number of aryl methyl sites for hydroxylation is 2. The van der Waals surface area contributed by atoms with E-state index in [1.165, 1.54) is 22.2 Å². The molecule has 2 aromatic heterocycles. The van der Waals surface area contributed by atoms with Gasteiger partial charge in [-0.15, -0.1) is 11.3 Å². The Hall–Kier alpha value is -1.54.